The van der Waals surface area contributed by atoms with Gasteiger partial charge in [-0.15, -0.1) is 0 Å². The van der Waals surface area contributed by atoms with Crippen LogP contribution >= 0.6 is 0 Å². The van der Waals surface area contributed by atoms with Gasteiger partial charge in [0.15, 0.2) is 5.58 Å². The fourth-order valence-electron chi connectivity index (χ4n) is 3.35. The molecule has 1 aliphatic heterocycles. The first-order valence-corrected chi connectivity index (χ1v) is 8.55. The van der Waals surface area contributed by atoms with Crippen molar-refractivity contribution in [2.75, 3.05) is 24.6 Å². The predicted octanol–water partition coefficient (Wildman–Crippen LogP) is 3.50. The van der Waals surface area contributed by atoms with Gasteiger partial charge in [0.2, 0.25) is 0 Å². The first kappa shape index (κ1) is 15.3. The number of imidazole rings is 1. The first-order valence-electron chi connectivity index (χ1n) is 8.55. The van der Waals surface area contributed by atoms with E-state index in [1.807, 2.05) is 36.2 Å². The van der Waals surface area contributed by atoms with Crippen molar-refractivity contribution in [3.63, 3.8) is 0 Å². The summed E-state index contributed by atoms with van der Waals surface area (Å²) in [5.41, 5.74) is 4.00. The Morgan fingerprint density at radius 2 is 2.12 bits per heavy atom. The lowest BCUT2D eigenvalue weighted by Gasteiger charge is -2.30. The molecule has 0 radical (unpaired) electrons. The molecule has 5 rings (SSSR count). The van der Waals surface area contributed by atoms with Gasteiger partial charge in [0.25, 0.3) is 6.01 Å². The Balaban J connectivity index is 1.45. The average Bonchev–Trinajstić information content (AvgIpc) is 3.26. The first-order chi connectivity index (χ1) is 12.7. The van der Waals surface area contributed by atoms with E-state index >= 15 is 0 Å². The predicted molar refractivity (Wildman–Crippen MR) is 94.8 cm³/mol. The number of benzene rings is 1. The van der Waals surface area contributed by atoms with Crippen LogP contribution in [0, 0.1) is 12.7 Å². The minimum atomic E-state index is -0.333. The van der Waals surface area contributed by atoms with Gasteiger partial charge in [-0.25, -0.2) is 9.37 Å². The molecule has 0 saturated carbocycles. The van der Waals surface area contributed by atoms with Crippen LogP contribution in [0.4, 0.5) is 10.4 Å². The van der Waals surface area contributed by atoms with Gasteiger partial charge in [-0.3, -0.25) is 0 Å². The van der Waals surface area contributed by atoms with Crippen molar-refractivity contribution in [2.45, 2.75) is 13.0 Å². The standard InChI is InChI=1S/C19H17FN4O2/c1-12-3-2-4-18-21-15(10-24(12)18)17-11-23(7-8-25-17)19-22-14-6-5-13(20)9-16(14)26-19/h2-6,9-10,17H,7-8,11H2,1H3. The van der Waals surface area contributed by atoms with Gasteiger partial charge in [0.05, 0.1) is 18.8 Å². The molecule has 1 aliphatic rings. The number of nitrogens with zero attached hydrogens (tertiary/aromatic N) is 4. The summed E-state index contributed by atoms with van der Waals surface area (Å²) in [4.78, 5) is 11.2. The van der Waals surface area contributed by atoms with Gasteiger partial charge in [0, 0.05) is 24.5 Å². The molecule has 4 aromatic rings. The number of halogens is 1. The fraction of sp³-hybridized carbons (Fsp3) is 0.263. The van der Waals surface area contributed by atoms with Gasteiger partial charge < -0.3 is 18.5 Å². The highest BCUT2D eigenvalue weighted by molar-refractivity contribution is 5.74. The van der Waals surface area contributed by atoms with Crippen LogP contribution in [0.3, 0.4) is 0 Å². The number of oxazole rings is 1. The third-order valence-electron chi connectivity index (χ3n) is 4.72. The number of morpholine rings is 1. The lowest BCUT2D eigenvalue weighted by atomic mass is 10.2. The van der Waals surface area contributed by atoms with Crippen molar-refractivity contribution in [1.82, 2.24) is 14.4 Å². The van der Waals surface area contributed by atoms with Gasteiger partial charge >= 0.3 is 0 Å². The molecule has 1 saturated heterocycles. The number of pyridine rings is 1. The normalized spacial score (nSPS) is 18.1. The summed E-state index contributed by atoms with van der Waals surface area (Å²) in [5.74, 6) is -0.333. The minimum absolute atomic E-state index is 0.171. The molecule has 3 aromatic heterocycles. The largest absolute Gasteiger partial charge is 0.423 e. The maximum atomic E-state index is 13.4. The average molecular weight is 352 g/mol. The second-order valence-electron chi connectivity index (χ2n) is 6.48. The Bertz CT molecular complexity index is 1100. The number of hydrogen-bond acceptors (Lipinski definition) is 5. The van der Waals surface area contributed by atoms with Crippen LogP contribution in [0.2, 0.25) is 0 Å². The van der Waals surface area contributed by atoms with E-state index in [1.165, 1.54) is 12.1 Å². The van der Waals surface area contributed by atoms with Gasteiger partial charge in [-0.2, -0.15) is 4.98 Å². The zero-order valence-electron chi connectivity index (χ0n) is 14.2. The van der Waals surface area contributed by atoms with Crippen LogP contribution in [0.25, 0.3) is 16.7 Å². The maximum absolute atomic E-state index is 13.4. The molecular weight excluding hydrogens is 335 g/mol. The highest BCUT2D eigenvalue weighted by Gasteiger charge is 2.27. The quantitative estimate of drug-likeness (QED) is 0.553. The molecule has 0 aliphatic carbocycles. The molecule has 0 amide bonds. The van der Waals surface area contributed by atoms with Crippen molar-refractivity contribution < 1.29 is 13.5 Å². The summed E-state index contributed by atoms with van der Waals surface area (Å²) in [6.07, 6.45) is 1.84. The number of fused-ring (bicyclic) bond motifs is 2. The van der Waals surface area contributed by atoms with Crippen LogP contribution < -0.4 is 4.90 Å². The van der Waals surface area contributed by atoms with E-state index in [1.54, 1.807) is 6.07 Å². The third kappa shape index (κ3) is 2.52. The van der Waals surface area contributed by atoms with E-state index in [9.17, 15) is 4.39 Å². The summed E-state index contributed by atoms with van der Waals surface area (Å²) < 4.78 is 27.1. The fourth-order valence-corrected chi connectivity index (χ4v) is 3.35. The van der Waals surface area contributed by atoms with Crippen LogP contribution in [-0.2, 0) is 4.74 Å². The molecule has 1 aromatic carbocycles. The number of anilines is 1. The second-order valence-corrected chi connectivity index (χ2v) is 6.48. The summed E-state index contributed by atoms with van der Waals surface area (Å²) in [5, 5.41) is 0. The number of rotatable bonds is 2. The Hall–Kier alpha value is -2.93. The molecule has 4 heterocycles. The zero-order valence-corrected chi connectivity index (χ0v) is 14.2. The van der Waals surface area contributed by atoms with E-state index in [0.717, 1.165) is 17.0 Å². The van der Waals surface area contributed by atoms with Crippen molar-refractivity contribution in [3.05, 3.63) is 59.8 Å². The minimum Gasteiger partial charge on any atom is -0.423 e. The van der Waals surface area contributed by atoms with E-state index in [4.69, 9.17) is 14.1 Å². The monoisotopic (exact) mass is 352 g/mol. The second kappa shape index (κ2) is 5.81. The highest BCUT2D eigenvalue weighted by atomic mass is 19.1. The number of hydrogen-bond donors (Lipinski definition) is 0. The summed E-state index contributed by atoms with van der Waals surface area (Å²) >= 11 is 0. The van der Waals surface area contributed by atoms with E-state index < -0.39 is 0 Å². The molecule has 1 atom stereocenters. The molecule has 0 N–H and O–H groups in total. The number of ether oxygens (including phenoxy) is 1. The van der Waals surface area contributed by atoms with Gasteiger partial charge in [-0.1, -0.05) is 6.07 Å². The molecule has 0 bridgehead atoms. The number of aromatic nitrogens is 3. The smallest absolute Gasteiger partial charge is 0.298 e. The maximum Gasteiger partial charge on any atom is 0.298 e. The molecule has 1 fully saturated rings. The van der Waals surface area contributed by atoms with Gasteiger partial charge in [0.1, 0.15) is 23.1 Å². The zero-order chi connectivity index (χ0) is 17.7. The van der Waals surface area contributed by atoms with Crippen LogP contribution in [0.1, 0.15) is 17.5 Å². The Kier molecular flexibility index (Phi) is 3.43. The molecule has 26 heavy (non-hydrogen) atoms. The topological polar surface area (TPSA) is 55.8 Å². The Morgan fingerprint density at radius 3 is 3.00 bits per heavy atom. The lowest BCUT2D eigenvalue weighted by Crippen LogP contribution is -2.38. The van der Waals surface area contributed by atoms with Crippen LogP contribution in [-0.4, -0.2) is 34.1 Å². The Morgan fingerprint density at radius 1 is 1.19 bits per heavy atom. The Labute approximate surface area is 148 Å². The van der Waals surface area contributed by atoms with E-state index in [2.05, 4.69) is 9.38 Å². The van der Waals surface area contributed by atoms with Crippen LogP contribution in [0.15, 0.2) is 47.0 Å². The highest BCUT2D eigenvalue weighted by Crippen LogP contribution is 2.28. The van der Waals surface area contributed by atoms with Crippen molar-refractivity contribution >= 4 is 22.8 Å². The lowest BCUT2D eigenvalue weighted by molar-refractivity contribution is 0.0357. The van der Waals surface area contributed by atoms with E-state index in [-0.39, 0.29) is 11.9 Å². The molecule has 1 unspecified atom stereocenters. The SMILES string of the molecule is Cc1cccc2nc(C3CN(c4nc5ccc(F)cc5o4)CCO3)cn12. The van der Waals surface area contributed by atoms with E-state index in [0.29, 0.717) is 36.8 Å². The van der Waals surface area contributed by atoms with Crippen molar-refractivity contribution in [1.29, 1.82) is 0 Å². The third-order valence-corrected chi connectivity index (χ3v) is 4.72. The van der Waals surface area contributed by atoms with Crippen LogP contribution in [0.5, 0.6) is 0 Å². The summed E-state index contributed by atoms with van der Waals surface area (Å²) in [6.45, 7) is 3.84. The molecule has 6 nitrogen and oxygen atoms in total. The molecule has 132 valence electrons. The van der Waals surface area contributed by atoms with Crippen molar-refractivity contribution in [3.8, 4) is 0 Å². The van der Waals surface area contributed by atoms with Crippen molar-refractivity contribution in [2.24, 2.45) is 0 Å². The molecule has 0 spiro atoms. The van der Waals surface area contributed by atoms with Gasteiger partial charge in [-0.05, 0) is 31.2 Å². The summed E-state index contributed by atoms with van der Waals surface area (Å²) in [7, 11) is 0. The molecular formula is C19H17FN4O2. The number of aryl methyl sites for hydroxylation is 1. The summed E-state index contributed by atoms with van der Waals surface area (Å²) in [6, 6.07) is 10.9. The molecule has 7 heteroatoms.